The molecule has 1 amide bonds. The number of aliphatic hydroxyl groups is 2. The van der Waals surface area contributed by atoms with Crippen LogP contribution in [0, 0.1) is 0 Å². The number of allylic oxidation sites excluding steroid dienone is 1. The normalized spacial score (nSPS) is 12.5. The van der Waals surface area contributed by atoms with Crippen LogP contribution in [-0.2, 0) is 14.3 Å². The van der Waals surface area contributed by atoms with Gasteiger partial charge in [-0.1, -0.05) is 379 Å². The number of esters is 1. The van der Waals surface area contributed by atoms with Gasteiger partial charge in [-0.25, -0.2) is 0 Å². The van der Waals surface area contributed by atoms with E-state index in [4.69, 9.17) is 4.74 Å². The van der Waals surface area contributed by atoms with Crippen molar-refractivity contribution in [2.45, 2.75) is 424 Å². The number of rotatable bonds is 68. The molecule has 0 saturated carbocycles. The number of ether oxygens (including phenoxy) is 1. The van der Waals surface area contributed by atoms with Crippen molar-refractivity contribution in [2.75, 3.05) is 13.2 Å². The fourth-order valence-corrected chi connectivity index (χ4v) is 11.6. The molecule has 3 N–H and O–H groups in total. The van der Waals surface area contributed by atoms with Crippen molar-refractivity contribution in [2.24, 2.45) is 0 Å². The molecule has 2 unspecified atom stereocenters. The Labute approximate surface area is 489 Å². The van der Waals surface area contributed by atoms with Crippen molar-refractivity contribution < 1.29 is 24.5 Å². The van der Waals surface area contributed by atoms with Gasteiger partial charge in [0.25, 0.3) is 0 Å². The Kier molecular flexibility index (Phi) is 66.9. The van der Waals surface area contributed by atoms with Crippen LogP contribution in [0.3, 0.4) is 0 Å². The lowest BCUT2D eigenvalue weighted by Gasteiger charge is -2.20. The molecule has 0 aliphatic rings. The Hall–Kier alpha value is -1.40. The summed E-state index contributed by atoms with van der Waals surface area (Å²) in [5.74, 6) is -0.0425. The quantitative estimate of drug-likeness (QED) is 0.0320. The summed E-state index contributed by atoms with van der Waals surface area (Å²) in [6, 6.07) is -0.627. The lowest BCUT2D eigenvalue weighted by molar-refractivity contribution is -0.143. The smallest absolute Gasteiger partial charge is 0.305 e. The molecule has 0 aliphatic heterocycles. The molecule has 0 aliphatic carbocycles. The van der Waals surface area contributed by atoms with E-state index in [2.05, 4.69) is 19.2 Å². The Morgan fingerprint density at radius 3 is 0.872 bits per heavy atom. The summed E-state index contributed by atoms with van der Waals surface area (Å²) in [5.41, 5.74) is 0. The average molecular weight is 1100 g/mol. The molecule has 0 rings (SSSR count). The third-order valence-electron chi connectivity index (χ3n) is 17.1. The monoisotopic (exact) mass is 1100 g/mol. The number of nitrogens with one attached hydrogen (secondary N) is 1. The summed E-state index contributed by atoms with van der Waals surface area (Å²) >= 11 is 0. The van der Waals surface area contributed by atoms with Crippen LogP contribution < -0.4 is 5.32 Å². The highest BCUT2D eigenvalue weighted by atomic mass is 16.5. The van der Waals surface area contributed by atoms with Gasteiger partial charge in [-0.3, -0.25) is 9.59 Å². The molecule has 6 heteroatoms. The molecule has 0 fully saturated rings. The first-order valence-electron chi connectivity index (χ1n) is 36.0. The molecule has 0 radical (unpaired) electrons. The lowest BCUT2D eigenvalue weighted by Crippen LogP contribution is -2.45. The van der Waals surface area contributed by atoms with Crippen LogP contribution >= 0.6 is 0 Å². The second kappa shape index (κ2) is 68.1. The molecule has 0 spiro atoms. The summed E-state index contributed by atoms with van der Waals surface area (Å²) < 4.78 is 5.49. The number of hydrogen-bond donors (Lipinski definition) is 3. The summed E-state index contributed by atoms with van der Waals surface area (Å²) in [5, 5.41) is 23.3. The highest BCUT2D eigenvalue weighted by molar-refractivity contribution is 5.76. The first kappa shape index (κ1) is 76.6. The van der Waals surface area contributed by atoms with Gasteiger partial charge in [0.2, 0.25) is 5.91 Å². The molecular formula is C72H141NO5. The number of carbonyl (C=O) groups is 2. The fourth-order valence-electron chi connectivity index (χ4n) is 11.6. The van der Waals surface area contributed by atoms with Crippen LogP contribution in [0.5, 0.6) is 0 Å². The average Bonchev–Trinajstić information content (AvgIpc) is 3.44. The van der Waals surface area contributed by atoms with Gasteiger partial charge in [0.1, 0.15) is 0 Å². The second-order valence-corrected chi connectivity index (χ2v) is 24.9. The largest absolute Gasteiger partial charge is 0.466 e. The van der Waals surface area contributed by atoms with Crippen LogP contribution in [0.15, 0.2) is 12.2 Å². The van der Waals surface area contributed by atoms with Gasteiger partial charge in [0.15, 0.2) is 0 Å². The topological polar surface area (TPSA) is 95.9 Å². The van der Waals surface area contributed by atoms with Crippen LogP contribution in [0.1, 0.15) is 412 Å². The highest BCUT2D eigenvalue weighted by Crippen LogP contribution is 2.19. The predicted molar refractivity (Wildman–Crippen MR) is 343 cm³/mol. The van der Waals surface area contributed by atoms with E-state index in [1.54, 1.807) is 6.08 Å². The van der Waals surface area contributed by atoms with E-state index in [0.29, 0.717) is 19.4 Å². The van der Waals surface area contributed by atoms with E-state index in [1.807, 2.05) is 6.08 Å². The van der Waals surface area contributed by atoms with Gasteiger partial charge in [-0.2, -0.15) is 0 Å². The lowest BCUT2D eigenvalue weighted by atomic mass is 10.0. The molecular weight excluding hydrogens is 959 g/mol. The van der Waals surface area contributed by atoms with Crippen molar-refractivity contribution in [1.82, 2.24) is 5.32 Å². The zero-order valence-electron chi connectivity index (χ0n) is 53.2. The number of amides is 1. The van der Waals surface area contributed by atoms with Crippen molar-refractivity contribution in [3.8, 4) is 0 Å². The third-order valence-corrected chi connectivity index (χ3v) is 17.1. The number of aliphatic hydroxyl groups excluding tert-OH is 2. The molecule has 0 bridgehead atoms. The van der Waals surface area contributed by atoms with Gasteiger partial charge >= 0.3 is 5.97 Å². The van der Waals surface area contributed by atoms with Crippen LogP contribution in [0.25, 0.3) is 0 Å². The molecule has 0 aromatic rings. The van der Waals surface area contributed by atoms with E-state index in [1.165, 1.54) is 347 Å². The number of hydrogen-bond acceptors (Lipinski definition) is 5. The van der Waals surface area contributed by atoms with Crippen LogP contribution in [0.4, 0.5) is 0 Å². The van der Waals surface area contributed by atoms with Gasteiger partial charge in [-0.05, 0) is 32.1 Å². The molecule has 0 heterocycles. The third kappa shape index (κ3) is 63.8. The molecule has 2 atom stereocenters. The standard InChI is InChI=1S/C72H141NO5/c1-3-5-7-9-11-13-15-17-18-19-20-21-25-28-31-34-37-41-44-48-52-56-60-64-70(75)69(68-74)73-71(76)65-61-57-53-49-45-42-38-35-32-29-26-23-22-24-27-30-33-36-39-43-47-51-55-59-63-67-78-72(77)66-62-58-54-50-46-40-16-14-12-10-8-6-4-2/h60,64,69-70,74-75H,3-59,61-63,65-68H2,1-2H3,(H,73,76)/b64-60+. The van der Waals surface area contributed by atoms with E-state index < -0.39 is 12.1 Å². The van der Waals surface area contributed by atoms with Crippen LogP contribution in [-0.4, -0.2) is 47.4 Å². The molecule has 0 aromatic heterocycles. The van der Waals surface area contributed by atoms with Crippen molar-refractivity contribution in [1.29, 1.82) is 0 Å². The van der Waals surface area contributed by atoms with Crippen molar-refractivity contribution in [3.05, 3.63) is 12.2 Å². The number of carbonyl (C=O) groups excluding carboxylic acids is 2. The summed E-state index contributed by atoms with van der Waals surface area (Å²) in [7, 11) is 0. The van der Waals surface area contributed by atoms with Crippen molar-refractivity contribution in [3.63, 3.8) is 0 Å². The van der Waals surface area contributed by atoms with E-state index >= 15 is 0 Å². The second-order valence-electron chi connectivity index (χ2n) is 24.9. The first-order chi connectivity index (χ1) is 38.5. The summed E-state index contributed by atoms with van der Waals surface area (Å²) in [6.07, 6.45) is 84.4. The first-order valence-corrected chi connectivity index (χ1v) is 36.0. The maximum Gasteiger partial charge on any atom is 0.305 e. The molecule has 464 valence electrons. The van der Waals surface area contributed by atoms with Gasteiger partial charge in [-0.15, -0.1) is 0 Å². The van der Waals surface area contributed by atoms with Gasteiger partial charge < -0.3 is 20.3 Å². The van der Waals surface area contributed by atoms with Gasteiger partial charge in [0.05, 0.1) is 25.4 Å². The fraction of sp³-hybridized carbons (Fsp3) is 0.944. The minimum Gasteiger partial charge on any atom is -0.466 e. The number of unbranched alkanes of at least 4 members (excludes halogenated alkanes) is 57. The maximum atomic E-state index is 12.5. The SMILES string of the molecule is CCCCCCCCCCCCCCCCCCCCCCC/C=C/C(O)C(CO)NC(=O)CCCCCCCCCCCCCCCCCCCCCCCCCCCOC(=O)CCCCCCCCCCCCCCC. The van der Waals surface area contributed by atoms with Crippen molar-refractivity contribution >= 4 is 11.9 Å². The predicted octanol–water partition coefficient (Wildman–Crippen LogP) is 23.1. The minimum absolute atomic E-state index is 0.0186. The zero-order chi connectivity index (χ0) is 56.4. The van der Waals surface area contributed by atoms with E-state index in [9.17, 15) is 19.8 Å². The van der Waals surface area contributed by atoms with E-state index in [0.717, 1.165) is 38.5 Å². The Bertz CT molecular complexity index is 1180. The maximum absolute atomic E-state index is 12.5. The van der Waals surface area contributed by atoms with E-state index in [-0.39, 0.29) is 18.5 Å². The zero-order valence-corrected chi connectivity index (χ0v) is 53.2. The van der Waals surface area contributed by atoms with Crippen LogP contribution in [0.2, 0.25) is 0 Å². The Balaban J connectivity index is 3.38. The Morgan fingerprint density at radius 2 is 0.590 bits per heavy atom. The molecule has 0 aromatic carbocycles. The summed E-state index contributed by atoms with van der Waals surface area (Å²) in [6.45, 7) is 4.95. The highest BCUT2D eigenvalue weighted by Gasteiger charge is 2.18. The minimum atomic E-state index is -0.844. The Morgan fingerprint density at radius 1 is 0.346 bits per heavy atom. The molecule has 78 heavy (non-hydrogen) atoms. The molecule has 6 nitrogen and oxygen atoms in total. The van der Waals surface area contributed by atoms with Gasteiger partial charge in [0, 0.05) is 12.8 Å². The summed E-state index contributed by atoms with van der Waals surface area (Å²) in [4.78, 5) is 24.6. The molecule has 0 saturated heterocycles.